The number of amides is 2. The number of carbonyl (C=O) groups is 2. The summed E-state index contributed by atoms with van der Waals surface area (Å²) in [4.78, 5) is 27.5. The van der Waals surface area contributed by atoms with E-state index in [0.29, 0.717) is 24.3 Å². The zero-order valence-corrected chi connectivity index (χ0v) is 19.1. The number of fused-ring (bicyclic) bond motifs is 1. The van der Waals surface area contributed by atoms with Crippen LogP contribution >= 0.6 is 0 Å². The zero-order chi connectivity index (χ0) is 24.3. The maximum absolute atomic E-state index is 12.8. The molecule has 2 aliphatic heterocycles. The van der Waals surface area contributed by atoms with Crippen molar-refractivity contribution in [3.8, 4) is 5.75 Å². The summed E-state index contributed by atoms with van der Waals surface area (Å²) in [7, 11) is -4.00. The van der Waals surface area contributed by atoms with Gasteiger partial charge in [0.05, 0.1) is 31.1 Å². The number of sulfonamides is 1. The van der Waals surface area contributed by atoms with E-state index in [9.17, 15) is 18.0 Å². The quantitative estimate of drug-likeness (QED) is 0.301. The molecule has 1 saturated heterocycles. The molecule has 0 aromatic heterocycles. The molecule has 1 fully saturated rings. The number of hydrogen-bond donors (Lipinski definition) is 4. The number of hydrogen-bond acceptors (Lipinski definition) is 7. The van der Waals surface area contributed by atoms with E-state index in [-0.39, 0.29) is 36.8 Å². The Bertz CT molecular complexity index is 1210. The van der Waals surface area contributed by atoms with Crippen molar-refractivity contribution in [1.82, 2.24) is 15.2 Å². The molecule has 5 N–H and O–H groups in total. The Kier molecular flexibility index (Phi) is 6.82. The second-order valence-corrected chi connectivity index (χ2v) is 9.56. The maximum atomic E-state index is 12.8. The minimum atomic E-state index is -4.00. The molecule has 4 rings (SSSR count). The number of hydrazine groups is 1. The number of carbonyl (C=O) groups excluding carboxylic acids is 2. The Balaban J connectivity index is 1.33. The lowest BCUT2D eigenvalue weighted by molar-refractivity contribution is -0.157. The van der Waals surface area contributed by atoms with Crippen molar-refractivity contribution >= 4 is 27.7 Å². The molecule has 2 amide bonds. The monoisotopic (exact) mass is 487 g/mol. The minimum Gasteiger partial charge on any atom is -0.493 e. The summed E-state index contributed by atoms with van der Waals surface area (Å²) in [6.45, 7) is 0.821. The van der Waals surface area contributed by atoms with Crippen LogP contribution in [0.1, 0.15) is 23.1 Å². The van der Waals surface area contributed by atoms with E-state index >= 15 is 0 Å². The molecule has 2 heterocycles. The van der Waals surface area contributed by atoms with Crippen molar-refractivity contribution in [2.45, 2.75) is 30.4 Å². The van der Waals surface area contributed by atoms with Crippen molar-refractivity contribution in [2.24, 2.45) is 5.73 Å². The highest BCUT2D eigenvalue weighted by Crippen LogP contribution is 2.27. The molecule has 180 valence electrons. The van der Waals surface area contributed by atoms with Gasteiger partial charge in [-0.3, -0.25) is 20.0 Å². The lowest BCUT2D eigenvalue weighted by atomic mass is 10.1. The fourth-order valence-electron chi connectivity index (χ4n) is 3.65. The van der Waals surface area contributed by atoms with Crippen LogP contribution in [0.4, 0.5) is 0 Å². The number of nitrogens with zero attached hydrogens (tertiary/aromatic N) is 1. The average molecular weight is 488 g/mol. The third-order valence-corrected chi connectivity index (χ3v) is 6.84. The van der Waals surface area contributed by atoms with Gasteiger partial charge in [-0.25, -0.2) is 8.42 Å². The van der Waals surface area contributed by atoms with E-state index in [1.165, 1.54) is 12.1 Å². The van der Waals surface area contributed by atoms with E-state index in [1.807, 2.05) is 0 Å². The molecule has 0 bridgehead atoms. The molecule has 2 aromatic rings. The van der Waals surface area contributed by atoms with E-state index < -0.39 is 27.9 Å². The molecule has 2 aliphatic rings. The number of ether oxygens (including phenoxy) is 2. The van der Waals surface area contributed by atoms with Crippen molar-refractivity contribution < 1.29 is 27.5 Å². The van der Waals surface area contributed by atoms with Gasteiger partial charge in [-0.15, -0.1) is 4.83 Å². The summed E-state index contributed by atoms with van der Waals surface area (Å²) < 4.78 is 36.5. The predicted molar refractivity (Wildman–Crippen MR) is 121 cm³/mol. The SMILES string of the molecule is N=C(N)c1ccc(CNC(=O)CC2OCCN(NS(=O)(=O)c3ccc4c(c3)CCO4)C2=O)cc1. The van der Waals surface area contributed by atoms with Gasteiger partial charge in [-0.1, -0.05) is 24.3 Å². The lowest BCUT2D eigenvalue weighted by Crippen LogP contribution is -2.56. The normalized spacial score (nSPS) is 17.7. The summed E-state index contributed by atoms with van der Waals surface area (Å²) in [5.74, 6) is -0.450. The Morgan fingerprint density at radius 2 is 1.94 bits per heavy atom. The third kappa shape index (κ3) is 5.35. The van der Waals surface area contributed by atoms with Crippen molar-refractivity contribution in [1.29, 1.82) is 5.41 Å². The molecule has 0 aliphatic carbocycles. The lowest BCUT2D eigenvalue weighted by Gasteiger charge is -2.32. The number of benzene rings is 2. The predicted octanol–water partition coefficient (Wildman–Crippen LogP) is 0.0328. The highest BCUT2D eigenvalue weighted by atomic mass is 32.2. The van der Waals surface area contributed by atoms with Crippen molar-refractivity contribution in [3.63, 3.8) is 0 Å². The highest BCUT2D eigenvalue weighted by molar-refractivity contribution is 7.89. The Labute approximate surface area is 196 Å². The molecule has 1 unspecified atom stereocenters. The van der Waals surface area contributed by atoms with Crippen LogP contribution in [-0.4, -0.2) is 56.9 Å². The summed E-state index contributed by atoms with van der Waals surface area (Å²) in [5.41, 5.74) is 7.59. The first-order valence-electron chi connectivity index (χ1n) is 10.6. The van der Waals surface area contributed by atoms with Gasteiger partial charge >= 0.3 is 0 Å². The molecule has 2 aromatic carbocycles. The number of morpholine rings is 1. The number of amidine groups is 1. The molecule has 34 heavy (non-hydrogen) atoms. The van der Waals surface area contributed by atoms with Crippen LogP contribution in [0.15, 0.2) is 47.4 Å². The third-order valence-electron chi connectivity index (χ3n) is 5.50. The molecule has 0 radical (unpaired) electrons. The Morgan fingerprint density at radius 1 is 1.18 bits per heavy atom. The largest absolute Gasteiger partial charge is 0.493 e. The van der Waals surface area contributed by atoms with E-state index in [2.05, 4.69) is 10.1 Å². The van der Waals surface area contributed by atoms with Crippen LogP contribution in [0.5, 0.6) is 5.75 Å². The first kappa shape index (κ1) is 23.7. The van der Waals surface area contributed by atoms with Gasteiger partial charge in [0.2, 0.25) is 5.91 Å². The van der Waals surface area contributed by atoms with Gasteiger partial charge < -0.3 is 20.5 Å². The van der Waals surface area contributed by atoms with Gasteiger partial charge in [0.15, 0.2) is 0 Å². The number of nitrogens with one attached hydrogen (secondary N) is 3. The second-order valence-electron chi connectivity index (χ2n) is 7.90. The molecule has 12 heteroatoms. The zero-order valence-electron chi connectivity index (χ0n) is 18.2. The Hall–Kier alpha value is -3.48. The fraction of sp³-hybridized carbons (Fsp3) is 0.318. The molecule has 11 nitrogen and oxygen atoms in total. The minimum absolute atomic E-state index is 0.0206. The van der Waals surface area contributed by atoms with Gasteiger partial charge in [-0.2, -0.15) is 0 Å². The molecular formula is C22H25N5O6S. The van der Waals surface area contributed by atoms with Gasteiger partial charge in [0, 0.05) is 18.5 Å². The topological polar surface area (TPSA) is 164 Å². The summed E-state index contributed by atoms with van der Waals surface area (Å²) in [6, 6.07) is 11.4. The number of nitrogens with two attached hydrogens (primary N) is 1. The smallest absolute Gasteiger partial charge is 0.267 e. The highest BCUT2D eigenvalue weighted by Gasteiger charge is 2.34. The Morgan fingerprint density at radius 3 is 2.68 bits per heavy atom. The van der Waals surface area contributed by atoms with Crippen molar-refractivity contribution in [3.05, 3.63) is 59.2 Å². The molecular weight excluding hydrogens is 462 g/mol. The van der Waals surface area contributed by atoms with Crippen LogP contribution in [0.3, 0.4) is 0 Å². The van der Waals surface area contributed by atoms with Crippen LogP contribution in [-0.2, 0) is 37.3 Å². The summed E-state index contributed by atoms with van der Waals surface area (Å²) in [5, 5.41) is 11.1. The average Bonchev–Trinajstić information content (AvgIpc) is 3.28. The van der Waals surface area contributed by atoms with E-state index in [0.717, 1.165) is 16.1 Å². The molecule has 0 spiro atoms. The first-order valence-corrected chi connectivity index (χ1v) is 12.1. The standard InChI is InChI=1S/C22H25N5O6S/c23-21(24)15-3-1-14(2-4-15)13-25-20(28)12-19-22(29)27(8-10-33-19)26-34(30,31)17-5-6-18-16(11-17)7-9-32-18/h1-6,11,19,26H,7-10,12-13H2,(H3,23,24)(H,25,28). The summed E-state index contributed by atoms with van der Waals surface area (Å²) >= 11 is 0. The second kappa shape index (κ2) is 9.79. The molecule has 0 saturated carbocycles. The number of rotatable bonds is 8. The van der Waals surface area contributed by atoms with Crippen LogP contribution < -0.4 is 20.6 Å². The number of nitrogen functional groups attached to an aromatic ring is 1. The fourth-order valence-corrected chi connectivity index (χ4v) is 4.77. The van der Waals surface area contributed by atoms with E-state index in [1.54, 1.807) is 30.3 Å². The maximum Gasteiger partial charge on any atom is 0.267 e. The first-order chi connectivity index (χ1) is 16.2. The van der Waals surface area contributed by atoms with Crippen molar-refractivity contribution in [2.75, 3.05) is 19.8 Å². The van der Waals surface area contributed by atoms with Crippen LogP contribution in [0, 0.1) is 5.41 Å². The summed E-state index contributed by atoms with van der Waals surface area (Å²) in [6.07, 6.45) is -0.739. The van der Waals surface area contributed by atoms with Crippen LogP contribution in [0.2, 0.25) is 0 Å². The molecule has 1 atom stereocenters. The van der Waals surface area contributed by atoms with E-state index in [4.69, 9.17) is 20.6 Å². The van der Waals surface area contributed by atoms with Gasteiger partial charge in [-0.05, 0) is 29.3 Å². The van der Waals surface area contributed by atoms with Gasteiger partial charge in [0.1, 0.15) is 17.7 Å². The van der Waals surface area contributed by atoms with Crippen LogP contribution in [0.25, 0.3) is 0 Å². The van der Waals surface area contributed by atoms with Gasteiger partial charge in [0.25, 0.3) is 15.9 Å².